The van der Waals surface area contributed by atoms with Gasteiger partial charge in [-0.3, -0.25) is 10.7 Å². The topological polar surface area (TPSA) is 41.3 Å². The molecule has 0 aliphatic carbocycles. The van der Waals surface area contributed by atoms with E-state index in [0.717, 1.165) is 19.8 Å². The molecule has 0 amide bonds. The van der Waals surface area contributed by atoms with Crippen LogP contribution in [0.1, 0.15) is 20.3 Å². The molecule has 0 fully saturated rings. The molecule has 3 N–H and O–H groups in total. The predicted molar refractivity (Wildman–Crippen MR) is 39.7 cm³/mol. The molecule has 0 aromatic heterocycles. The SMILES string of the molecule is CCCN(CC)CNN. The second-order valence-electron chi connectivity index (χ2n) is 2.07. The maximum absolute atomic E-state index is 5.14. The number of nitrogens with two attached hydrogens (primary N) is 1. The van der Waals surface area contributed by atoms with E-state index in [0.29, 0.717) is 0 Å². The Morgan fingerprint density at radius 3 is 2.44 bits per heavy atom. The zero-order chi connectivity index (χ0) is 7.11. The molecule has 0 aliphatic heterocycles. The first-order chi connectivity index (χ1) is 4.35. The van der Waals surface area contributed by atoms with Gasteiger partial charge in [-0.25, -0.2) is 5.43 Å². The summed E-state index contributed by atoms with van der Waals surface area (Å²) in [7, 11) is 0. The highest BCUT2D eigenvalue weighted by Gasteiger charge is 1.95. The van der Waals surface area contributed by atoms with Gasteiger partial charge in [0.1, 0.15) is 0 Å². The maximum atomic E-state index is 5.14. The van der Waals surface area contributed by atoms with E-state index in [9.17, 15) is 0 Å². The van der Waals surface area contributed by atoms with E-state index in [-0.39, 0.29) is 0 Å². The highest BCUT2D eigenvalue weighted by atomic mass is 15.3. The molecule has 0 aromatic rings. The van der Waals surface area contributed by atoms with Crippen molar-refractivity contribution in [2.75, 3.05) is 19.8 Å². The third-order valence-corrected chi connectivity index (χ3v) is 1.30. The van der Waals surface area contributed by atoms with Crippen LogP contribution in [0.25, 0.3) is 0 Å². The van der Waals surface area contributed by atoms with Crippen molar-refractivity contribution >= 4 is 0 Å². The quantitative estimate of drug-likeness (QED) is 0.317. The number of hydrazine groups is 1. The lowest BCUT2D eigenvalue weighted by Gasteiger charge is -2.17. The van der Waals surface area contributed by atoms with Crippen molar-refractivity contribution in [3.63, 3.8) is 0 Å². The average Bonchev–Trinajstić information content (AvgIpc) is 1.88. The third-order valence-electron chi connectivity index (χ3n) is 1.30. The molecular weight excluding hydrogens is 114 g/mol. The van der Waals surface area contributed by atoms with Gasteiger partial charge in [0.25, 0.3) is 0 Å². The molecule has 3 nitrogen and oxygen atoms in total. The molecule has 0 bridgehead atoms. The molecule has 0 saturated heterocycles. The zero-order valence-electron chi connectivity index (χ0n) is 6.35. The molecule has 0 unspecified atom stereocenters. The van der Waals surface area contributed by atoms with Gasteiger partial charge >= 0.3 is 0 Å². The van der Waals surface area contributed by atoms with E-state index in [1.54, 1.807) is 0 Å². The van der Waals surface area contributed by atoms with Crippen LogP contribution in [-0.2, 0) is 0 Å². The minimum Gasteiger partial charge on any atom is -0.290 e. The summed E-state index contributed by atoms with van der Waals surface area (Å²) < 4.78 is 0. The second-order valence-corrected chi connectivity index (χ2v) is 2.07. The van der Waals surface area contributed by atoms with Crippen LogP contribution in [0.4, 0.5) is 0 Å². The highest BCUT2D eigenvalue weighted by Crippen LogP contribution is 1.85. The summed E-state index contributed by atoms with van der Waals surface area (Å²) in [6.07, 6.45) is 1.19. The fourth-order valence-electron chi connectivity index (χ4n) is 0.794. The van der Waals surface area contributed by atoms with Gasteiger partial charge in [-0.2, -0.15) is 0 Å². The lowest BCUT2D eigenvalue weighted by Crippen LogP contribution is -2.38. The molecule has 0 spiro atoms. The second kappa shape index (κ2) is 6.01. The van der Waals surface area contributed by atoms with Crippen LogP contribution >= 0.6 is 0 Å². The van der Waals surface area contributed by atoms with Gasteiger partial charge in [0.15, 0.2) is 0 Å². The molecular formula is C6H17N3. The zero-order valence-corrected chi connectivity index (χ0v) is 6.35. The Balaban J connectivity index is 3.18. The monoisotopic (exact) mass is 131 g/mol. The number of nitrogens with one attached hydrogen (secondary N) is 1. The van der Waals surface area contributed by atoms with E-state index in [1.165, 1.54) is 6.42 Å². The lowest BCUT2D eigenvalue weighted by molar-refractivity contribution is 0.267. The van der Waals surface area contributed by atoms with Gasteiger partial charge in [0.05, 0.1) is 6.67 Å². The molecule has 0 saturated carbocycles. The van der Waals surface area contributed by atoms with E-state index in [1.807, 2.05) is 0 Å². The van der Waals surface area contributed by atoms with E-state index in [2.05, 4.69) is 24.2 Å². The first kappa shape index (κ1) is 8.88. The van der Waals surface area contributed by atoms with Crippen LogP contribution in [0, 0.1) is 0 Å². The third kappa shape index (κ3) is 4.39. The maximum Gasteiger partial charge on any atom is 0.0612 e. The van der Waals surface area contributed by atoms with Gasteiger partial charge in [-0.05, 0) is 19.5 Å². The number of nitrogens with zero attached hydrogens (tertiary/aromatic N) is 1. The molecule has 3 heteroatoms. The normalized spacial score (nSPS) is 10.7. The number of hydrogen-bond donors (Lipinski definition) is 2. The summed E-state index contributed by atoms with van der Waals surface area (Å²) in [5, 5.41) is 0. The summed E-state index contributed by atoms with van der Waals surface area (Å²) in [6.45, 7) is 7.29. The highest BCUT2D eigenvalue weighted by molar-refractivity contribution is 4.48. The fraction of sp³-hybridized carbons (Fsp3) is 1.00. The van der Waals surface area contributed by atoms with Crippen molar-refractivity contribution < 1.29 is 0 Å². The predicted octanol–water partition coefficient (Wildman–Crippen LogP) is 0.139. The van der Waals surface area contributed by atoms with Gasteiger partial charge < -0.3 is 0 Å². The molecule has 9 heavy (non-hydrogen) atoms. The van der Waals surface area contributed by atoms with Crippen molar-refractivity contribution in [1.29, 1.82) is 0 Å². The van der Waals surface area contributed by atoms with Crippen LogP contribution in [0.15, 0.2) is 0 Å². The number of rotatable bonds is 5. The first-order valence-electron chi connectivity index (χ1n) is 3.51. The Bertz CT molecular complexity index is 50.3. The summed E-state index contributed by atoms with van der Waals surface area (Å²) in [6, 6.07) is 0. The largest absolute Gasteiger partial charge is 0.290 e. The molecule has 0 heterocycles. The van der Waals surface area contributed by atoms with Crippen LogP contribution in [-0.4, -0.2) is 24.7 Å². The lowest BCUT2D eigenvalue weighted by atomic mass is 10.4. The summed E-state index contributed by atoms with van der Waals surface area (Å²) >= 11 is 0. The van der Waals surface area contributed by atoms with Crippen molar-refractivity contribution in [3.8, 4) is 0 Å². The minimum absolute atomic E-state index is 0.796. The number of hydrogen-bond acceptors (Lipinski definition) is 3. The van der Waals surface area contributed by atoms with Crippen LogP contribution in [0.5, 0.6) is 0 Å². The van der Waals surface area contributed by atoms with Crippen molar-refractivity contribution in [2.45, 2.75) is 20.3 Å². The Morgan fingerprint density at radius 1 is 1.44 bits per heavy atom. The summed E-state index contributed by atoms with van der Waals surface area (Å²) in [4.78, 5) is 2.25. The van der Waals surface area contributed by atoms with Crippen molar-refractivity contribution in [2.24, 2.45) is 5.84 Å². The van der Waals surface area contributed by atoms with Crippen LogP contribution in [0.2, 0.25) is 0 Å². The van der Waals surface area contributed by atoms with Crippen LogP contribution in [0.3, 0.4) is 0 Å². The molecule has 0 atom stereocenters. The van der Waals surface area contributed by atoms with Gasteiger partial charge in [-0.15, -0.1) is 0 Å². The smallest absolute Gasteiger partial charge is 0.0612 e. The van der Waals surface area contributed by atoms with Gasteiger partial charge in [-0.1, -0.05) is 13.8 Å². The van der Waals surface area contributed by atoms with Crippen molar-refractivity contribution in [1.82, 2.24) is 10.3 Å². The van der Waals surface area contributed by atoms with Gasteiger partial charge in [0.2, 0.25) is 0 Å². The Hall–Kier alpha value is -0.120. The molecule has 56 valence electrons. The summed E-state index contributed by atoms with van der Waals surface area (Å²) in [5.41, 5.74) is 2.63. The van der Waals surface area contributed by atoms with E-state index >= 15 is 0 Å². The molecule has 0 radical (unpaired) electrons. The standard InChI is InChI=1S/C6H17N3/c1-3-5-9(4-2)6-8-7/h8H,3-7H2,1-2H3. The van der Waals surface area contributed by atoms with Gasteiger partial charge in [0, 0.05) is 0 Å². The van der Waals surface area contributed by atoms with E-state index in [4.69, 9.17) is 5.84 Å². The molecule has 0 rings (SSSR count). The Kier molecular flexibility index (Phi) is 5.93. The van der Waals surface area contributed by atoms with Crippen molar-refractivity contribution in [3.05, 3.63) is 0 Å². The summed E-state index contributed by atoms with van der Waals surface area (Å²) in [5.74, 6) is 5.14. The fourth-order valence-corrected chi connectivity index (χ4v) is 0.794. The van der Waals surface area contributed by atoms with E-state index < -0.39 is 0 Å². The molecule has 0 aliphatic rings. The van der Waals surface area contributed by atoms with Crippen LogP contribution < -0.4 is 11.3 Å². The minimum atomic E-state index is 0.796. The Morgan fingerprint density at radius 2 is 2.11 bits per heavy atom. The first-order valence-corrected chi connectivity index (χ1v) is 3.51. The Labute approximate surface area is 57.2 Å². The average molecular weight is 131 g/mol. The molecule has 0 aromatic carbocycles.